The highest BCUT2D eigenvalue weighted by Crippen LogP contribution is 2.32. The summed E-state index contributed by atoms with van der Waals surface area (Å²) >= 11 is 0. The molecule has 2 aromatic carbocycles. The van der Waals surface area contributed by atoms with E-state index in [1.165, 1.54) is 0 Å². The van der Waals surface area contributed by atoms with Gasteiger partial charge < -0.3 is 15.0 Å². The van der Waals surface area contributed by atoms with Gasteiger partial charge in [0.2, 0.25) is 17.8 Å². The average molecular weight is 362 g/mol. The summed E-state index contributed by atoms with van der Waals surface area (Å²) < 4.78 is 5.46. The number of hydrogen-bond donors (Lipinski definition) is 1. The average Bonchev–Trinajstić information content (AvgIpc) is 2.76. The molecule has 138 valence electrons. The third kappa shape index (κ3) is 3.83. The Balaban J connectivity index is 1.81. The van der Waals surface area contributed by atoms with Crippen LogP contribution in [0.2, 0.25) is 0 Å². The van der Waals surface area contributed by atoms with Crippen LogP contribution in [0.3, 0.4) is 0 Å². The second kappa shape index (κ2) is 8.01. The molecule has 27 heavy (non-hydrogen) atoms. The molecule has 1 aliphatic rings. The van der Waals surface area contributed by atoms with Gasteiger partial charge in [0, 0.05) is 31.5 Å². The monoisotopic (exact) mass is 362 g/mol. The van der Waals surface area contributed by atoms with Crippen molar-refractivity contribution in [2.24, 2.45) is 0 Å². The van der Waals surface area contributed by atoms with Crippen LogP contribution in [0, 0.1) is 0 Å². The van der Waals surface area contributed by atoms with Crippen molar-refractivity contribution < 1.29 is 4.74 Å². The van der Waals surface area contributed by atoms with Crippen LogP contribution in [0.15, 0.2) is 60.7 Å². The van der Waals surface area contributed by atoms with E-state index in [-0.39, 0.29) is 0 Å². The van der Waals surface area contributed by atoms with Crippen LogP contribution in [-0.2, 0) is 4.74 Å². The van der Waals surface area contributed by atoms with E-state index < -0.39 is 0 Å². The van der Waals surface area contributed by atoms with Crippen molar-refractivity contribution in [2.45, 2.75) is 0 Å². The highest BCUT2D eigenvalue weighted by Gasteiger charge is 2.21. The first-order valence-corrected chi connectivity index (χ1v) is 9.02. The fraction of sp³-hybridized carbons (Fsp3) is 0.250. The fourth-order valence-electron chi connectivity index (χ4n) is 3.00. The molecule has 0 radical (unpaired) electrons. The van der Waals surface area contributed by atoms with Gasteiger partial charge in [0.1, 0.15) is 0 Å². The molecule has 1 aromatic heterocycles. The second-order valence-electron chi connectivity index (χ2n) is 6.11. The first-order valence-electron chi connectivity index (χ1n) is 9.02. The summed E-state index contributed by atoms with van der Waals surface area (Å²) in [7, 11) is 1.82. The number of hydrogen-bond acceptors (Lipinski definition) is 7. The molecule has 0 atom stereocenters. The number of morpholine rings is 1. The maximum Gasteiger partial charge on any atom is 0.241 e. The van der Waals surface area contributed by atoms with E-state index in [4.69, 9.17) is 9.72 Å². The van der Waals surface area contributed by atoms with E-state index in [0.29, 0.717) is 31.1 Å². The molecule has 7 heteroatoms. The maximum atomic E-state index is 5.46. The Morgan fingerprint density at radius 1 is 0.852 bits per heavy atom. The molecule has 0 bridgehead atoms. The normalized spacial score (nSPS) is 14.0. The van der Waals surface area contributed by atoms with Crippen LogP contribution in [0.25, 0.3) is 0 Å². The largest absolute Gasteiger partial charge is 0.378 e. The first-order chi connectivity index (χ1) is 13.3. The van der Waals surface area contributed by atoms with Gasteiger partial charge in [0.15, 0.2) is 0 Å². The molecule has 2 heterocycles. The molecule has 0 unspecified atom stereocenters. The van der Waals surface area contributed by atoms with Crippen LogP contribution in [0.4, 0.5) is 29.2 Å². The lowest BCUT2D eigenvalue weighted by Gasteiger charge is -2.29. The van der Waals surface area contributed by atoms with E-state index in [1.54, 1.807) is 0 Å². The number of benzene rings is 2. The van der Waals surface area contributed by atoms with Gasteiger partial charge in [0.25, 0.3) is 0 Å². The van der Waals surface area contributed by atoms with E-state index in [1.807, 2.05) is 72.6 Å². The van der Waals surface area contributed by atoms with E-state index in [0.717, 1.165) is 24.5 Å². The number of anilines is 5. The topological polar surface area (TPSA) is 66.4 Å². The number of para-hydroxylation sites is 2. The zero-order valence-electron chi connectivity index (χ0n) is 15.2. The van der Waals surface area contributed by atoms with Gasteiger partial charge >= 0.3 is 0 Å². The fourth-order valence-corrected chi connectivity index (χ4v) is 3.00. The summed E-state index contributed by atoms with van der Waals surface area (Å²) in [5, 5.41) is 3.06. The lowest BCUT2D eigenvalue weighted by molar-refractivity contribution is 0.122. The van der Waals surface area contributed by atoms with Crippen molar-refractivity contribution in [1.82, 2.24) is 15.0 Å². The molecule has 7 nitrogen and oxygen atoms in total. The third-order valence-corrected chi connectivity index (χ3v) is 4.36. The predicted molar refractivity (Wildman–Crippen MR) is 107 cm³/mol. The van der Waals surface area contributed by atoms with Crippen molar-refractivity contribution in [3.63, 3.8) is 0 Å². The van der Waals surface area contributed by atoms with Crippen molar-refractivity contribution in [2.75, 3.05) is 48.5 Å². The highest BCUT2D eigenvalue weighted by molar-refractivity contribution is 5.73. The van der Waals surface area contributed by atoms with E-state index in [9.17, 15) is 0 Å². The summed E-state index contributed by atoms with van der Waals surface area (Å²) in [6.45, 7) is 2.89. The van der Waals surface area contributed by atoms with Crippen LogP contribution in [0.5, 0.6) is 0 Å². The SMILES string of the molecule is CNc1nc(N2CCOCC2)nc(N(c2ccccc2)c2ccccc2)n1. The Kier molecular flexibility index (Phi) is 5.11. The molecular weight excluding hydrogens is 340 g/mol. The number of ether oxygens (including phenoxy) is 1. The van der Waals surface area contributed by atoms with Crippen LogP contribution < -0.4 is 15.1 Å². The minimum absolute atomic E-state index is 0.540. The molecule has 0 spiro atoms. The van der Waals surface area contributed by atoms with E-state index >= 15 is 0 Å². The van der Waals surface area contributed by atoms with Gasteiger partial charge in [-0.1, -0.05) is 36.4 Å². The van der Waals surface area contributed by atoms with Gasteiger partial charge in [-0.2, -0.15) is 15.0 Å². The molecular formula is C20H22N6O. The zero-order chi connectivity index (χ0) is 18.5. The second-order valence-corrected chi connectivity index (χ2v) is 6.11. The van der Waals surface area contributed by atoms with Gasteiger partial charge in [-0.05, 0) is 24.3 Å². The summed E-state index contributed by atoms with van der Waals surface area (Å²) in [5.74, 6) is 1.77. The molecule has 0 saturated carbocycles. The Labute approximate surface area is 158 Å². The zero-order valence-corrected chi connectivity index (χ0v) is 15.2. The van der Waals surface area contributed by atoms with Crippen molar-refractivity contribution in [3.8, 4) is 0 Å². The molecule has 0 amide bonds. The van der Waals surface area contributed by atoms with Gasteiger partial charge in [-0.3, -0.25) is 4.90 Å². The molecule has 1 N–H and O–H groups in total. The molecule has 1 fully saturated rings. The number of nitrogens with zero attached hydrogens (tertiary/aromatic N) is 5. The predicted octanol–water partition coefficient (Wildman–Crippen LogP) is 3.22. The Hall–Kier alpha value is -3.19. The number of rotatable bonds is 5. The lowest BCUT2D eigenvalue weighted by atomic mass is 10.2. The summed E-state index contributed by atoms with van der Waals surface area (Å²) in [6, 6.07) is 20.2. The minimum atomic E-state index is 0.540. The number of nitrogens with one attached hydrogen (secondary N) is 1. The highest BCUT2D eigenvalue weighted by atomic mass is 16.5. The maximum absolute atomic E-state index is 5.46. The molecule has 3 aromatic rings. The van der Waals surface area contributed by atoms with E-state index in [2.05, 4.69) is 20.2 Å². The van der Waals surface area contributed by atoms with Crippen LogP contribution >= 0.6 is 0 Å². The molecule has 4 rings (SSSR count). The Bertz CT molecular complexity index is 829. The molecule has 1 saturated heterocycles. The molecule has 1 aliphatic heterocycles. The summed E-state index contributed by atoms with van der Waals surface area (Å²) in [5.41, 5.74) is 1.98. The first kappa shape index (κ1) is 17.2. The quantitative estimate of drug-likeness (QED) is 0.747. The Morgan fingerprint density at radius 2 is 1.44 bits per heavy atom. The van der Waals surface area contributed by atoms with Gasteiger partial charge in [0.05, 0.1) is 13.2 Å². The summed E-state index contributed by atoms with van der Waals surface area (Å²) in [4.78, 5) is 18.1. The van der Waals surface area contributed by atoms with Crippen molar-refractivity contribution in [1.29, 1.82) is 0 Å². The number of aromatic nitrogens is 3. The smallest absolute Gasteiger partial charge is 0.241 e. The van der Waals surface area contributed by atoms with Gasteiger partial charge in [-0.25, -0.2) is 0 Å². The standard InChI is InChI=1S/C20H22N6O/c1-21-18-22-19(25-12-14-27-15-13-25)24-20(23-18)26(16-8-4-2-5-9-16)17-10-6-3-7-11-17/h2-11H,12-15H2,1H3,(H,21,22,23,24). The third-order valence-electron chi connectivity index (χ3n) is 4.36. The lowest BCUT2D eigenvalue weighted by Crippen LogP contribution is -2.37. The van der Waals surface area contributed by atoms with Crippen LogP contribution in [-0.4, -0.2) is 48.3 Å². The van der Waals surface area contributed by atoms with Crippen molar-refractivity contribution >= 4 is 29.2 Å². The van der Waals surface area contributed by atoms with Crippen LogP contribution in [0.1, 0.15) is 0 Å². The van der Waals surface area contributed by atoms with Gasteiger partial charge in [-0.15, -0.1) is 0 Å². The minimum Gasteiger partial charge on any atom is -0.378 e. The summed E-state index contributed by atoms with van der Waals surface area (Å²) in [6.07, 6.45) is 0. The Morgan fingerprint density at radius 3 is 2.00 bits per heavy atom. The van der Waals surface area contributed by atoms with Crippen molar-refractivity contribution in [3.05, 3.63) is 60.7 Å². The molecule has 0 aliphatic carbocycles.